The van der Waals surface area contributed by atoms with E-state index in [1.807, 2.05) is 29.8 Å². The van der Waals surface area contributed by atoms with Gasteiger partial charge in [0.15, 0.2) is 0 Å². The smallest absolute Gasteiger partial charge is 0.268 e. The number of aromatic nitrogens is 1. The fourth-order valence-electron chi connectivity index (χ4n) is 1.75. The predicted molar refractivity (Wildman–Crippen MR) is 63.1 cm³/mol. The highest BCUT2D eigenvalue weighted by Gasteiger charge is 2.26. The molecule has 84 valence electrons. The van der Waals surface area contributed by atoms with E-state index in [9.17, 15) is 4.79 Å². The molecule has 1 aliphatic carbocycles. The first-order chi connectivity index (χ1) is 7.76. The van der Waals surface area contributed by atoms with Crippen LogP contribution in [0.5, 0.6) is 0 Å². The van der Waals surface area contributed by atoms with E-state index < -0.39 is 0 Å². The zero-order valence-corrected chi connectivity index (χ0v) is 9.44. The molecule has 1 atom stereocenters. The average molecular weight is 216 g/mol. The summed E-state index contributed by atoms with van der Waals surface area (Å²) < 4.78 is 2.04. The number of hydrogen-bond donors (Lipinski definition) is 1. The molecular formula is C13H16N2O. The van der Waals surface area contributed by atoms with Gasteiger partial charge >= 0.3 is 0 Å². The van der Waals surface area contributed by atoms with Crippen molar-refractivity contribution in [3.8, 4) is 12.3 Å². The van der Waals surface area contributed by atoms with Gasteiger partial charge in [-0.15, -0.1) is 6.42 Å². The van der Waals surface area contributed by atoms with Crippen LogP contribution in [0.3, 0.4) is 0 Å². The lowest BCUT2D eigenvalue weighted by Crippen LogP contribution is -2.34. The Kier molecular flexibility index (Phi) is 3.00. The molecule has 0 spiro atoms. The Morgan fingerprint density at radius 1 is 1.75 bits per heavy atom. The van der Waals surface area contributed by atoms with Crippen molar-refractivity contribution in [1.82, 2.24) is 9.88 Å². The lowest BCUT2D eigenvalue weighted by atomic mass is 10.2. The van der Waals surface area contributed by atoms with Crippen LogP contribution in [0.15, 0.2) is 18.3 Å². The molecular weight excluding hydrogens is 200 g/mol. The molecule has 0 aliphatic heterocycles. The van der Waals surface area contributed by atoms with Gasteiger partial charge in [0, 0.05) is 12.2 Å². The topological polar surface area (TPSA) is 34.0 Å². The minimum absolute atomic E-state index is 0.0679. The molecule has 0 radical (unpaired) electrons. The van der Waals surface area contributed by atoms with Crippen molar-refractivity contribution < 1.29 is 4.79 Å². The highest BCUT2D eigenvalue weighted by molar-refractivity contribution is 5.93. The van der Waals surface area contributed by atoms with Crippen molar-refractivity contribution in [2.24, 2.45) is 0 Å². The number of hydrogen-bond acceptors (Lipinski definition) is 1. The molecule has 1 amide bonds. The first kappa shape index (κ1) is 10.8. The Morgan fingerprint density at radius 2 is 2.50 bits per heavy atom. The summed E-state index contributed by atoms with van der Waals surface area (Å²) in [4.78, 5) is 12.0. The van der Waals surface area contributed by atoms with Crippen molar-refractivity contribution in [1.29, 1.82) is 0 Å². The number of nitrogens with one attached hydrogen (secondary N) is 1. The molecule has 3 nitrogen and oxygen atoms in total. The number of amides is 1. The molecule has 1 heterocycles. The molecule has 16 heavy (non-hydrogen) atoms. The number of rotatable bonds is 4. The van der Waals surface area contributed by atoms with Gasteiger partial charge < -0.3 is 9.88 Å². The van der Waals surface area contributed by atoms with E-state index >= 15 is 0 Å². The fourth-order valence-corrected chi connectivity index (χ4v) is 1.75. The summed E-state index contributed by atoms with van der Waals surface area (Å²) in [6.07, 6.45) is 10.4. The third-order valence-corrected chi connectivity index (χ3v) is 2.87. The molecule has 2 rings (SSSR count). The summed E-state index contributed by atoms with van der Waals surface area (Å²) in [5.74, 6) is 2.50. The lowest BCUT2D eigenvalue weighted by molar-refractivity contribution is 0.0935. The zero-order chi connectivity index (χ0) is 11.5. The standard InChI is InChI=1S/C13H16N2O/c1-3-10(4-2)14-13(16)12-6-5-9-15(12)11-7-8-11/h1,5-6,9-11H,4,7-8H2,2H3,(H,14,16). The molecule has 1 aliphatic rings. The highest BCUT2D eigenvalue weighted by atomic mass is 16.2. The second-order valence-corrected chi connectivity index (χ2v) is 4.13. The molecule has 1 aromatic rings. The number of carbonyl (C=O) groups is 1. The van der Waals surface area contributed by atoms with Gasteiger partial charge in [-0.25, -0.2) is 0 Å². The Labute approximate surface area is 95.8 Å². The molecule has 0 saturated heterocycles. The number of carbonyl (C=O) groups excluding carboxylic acids is 1. The van der Waals surface area contributed by atoms with E-state index in [2.05, 4.69) is 11.2 Å². The molecule has 3 heteroatoms. The van der Waals surface area contributed by atoms with Gasteiger partial charge in [0.1, 0.15) is 5.69 Å². The van der Waals surface area contributed by atoms with Gasteiger partial charge in [0.25, 0.3) is 5.91 Å². The second kappa shape index (κ2) is 4.44. The van der Waals surface area contributed by atoms with Gasteiger partial charge in [-0.05, 0) is 31.4 Å². The largest absolute Gasteiger partial charge is 0.340 e. The minimum atomic E-state index is -0.171. The first-order valence-corrected chi connectivity index (χ1v) is 5.70. The highest BCUT2D eigenvalue weighted by Crippen LogP contribution is 2.35. The van der Waals surface area contributed by atoms with Crippen LogP contribution >= 0.6 is 0 Å². The third-order valence-electron chi connectivity index (χ3n) is 2.87. The van der Waals surface area contributed by atoms with Crippen molar-refractivity contribution in [2.75, 3.05) is 0 Å². The maximum absolute atomic E-state index is 12.0. The van der Waals surface area contributed by atoms with E-state index in [1.54, 1.807) is 0 Å². The Hall–Kier alpha value is -1.69. The van der Waals surface area contributed by atoms with E-state index in [1.165, 1.54) is 12.8 Å². The predicted octanol–water partition coefficient (Wildman–Crippen LogP) is 1.96. The summed E-state index contributed by atoms with van der Waals surface area (Å²) in [6, 6.07) is 4.10. The van der Waals surface area contributed by atoms with Crippen molar-refractivity contribution in [2.45, 2.75) is 38.3 Å². The molecule has 1 fully saturated rings. The Morgan fingerprint density at radius 3 is 3.06 bits per heavy atom. The SMILES string of the molecule is C#CC(CC)NC(=O)c1cccn1C1CC1. The van der Waals surface area contributed by atoms with Gasteiger partial charge in [0.05, 0.1) is 6.04 Å². The Balaban J connectivity index is 2.08. The molecule has 0 bridgehead atoms. The summed E-state index contributed by atoms with van der Waals surface area (Å²) in [5, 5.41) is 2.85. The maximum atomic E-state index is 12.0. The number of nitrogens with zero attached hydrogens (tertiary/aromatic N) is 1. The molecule has 1 unspecified atom stereocenters. The van der Waals surface area contributed by atoms with Crippen LogP contribution < -0.4 is 5.32 Å². The number of terminal acetylenes is 1. The fraction of sp³-hybridized carbons (Fsp3) is 0.462. The summed E-state index contributed by atoms with van der Waals surface area (Å²) in [7, 11) is 0. The van der Waals surface area contributed by atoms with E-state index in [-0.39, 0.29) is 11.9 Å². The minimum Gasteiger partial charge on any atom is -0.340 e. The van der Waals surface area contributed by atoms with E-state index in [4.69, 9.17) is 6.42 Å². The van der Waals surface area contributed by atoms with Gasteiger partial charge in [-0.1, -0.05) is 12.8 Å². The zero-order valence-electron chi connectivity index (χ0n) is 9.44. The molecule has 0 aromatic carbocycles. The monoisotopic (exact) mass is 216 g/mol. The summed E-state index contributed by atoms with van der Waals surface area (Å²) >= 11 is 0. The van der Waals surface area contributed by atoms with Crippen molar-refractivity contribution >= 4 is 5.91 Å². The maximum Gasteiger partial charge on any atom is 0.268 e. The van der Waals surface area contributed by atoms with Crippen LogP contribution in [0.1, 0.15) is 42.7 Å². The van der Waals surface area contributed by atoms with Crippen LogP contribution in [0.4, 0.5) is 0 Å². The second-order valence-electron chi connectivity index (χ2n) is 4.13. The van der Waals surface area contributed by atoms with Gasteiger partial charge in [-0.3, -0.25) is 4.79 Å². The lowest BCUT2D eigenvalue weighted by Gasteiger charge is -2.12. The molecule has 1 aromatic heterocycles. The van der Waals surface area contributed by atoms with E-state index in [0.717, 1.165) is 12.1 Å². The normalized spacial score (nSPS) is 16.5. The van der Waals surface area contributed by atoms with E-state index in [0.29, 0.717) is 6.04 Å². The van der Waals surface area contributed by atoms with Gasteiger partial charge in [0.2, 0.25) is 0 Å². The van der Waals surface area contributed by atoms with Crippen LogP contribution in [0.2, 0.25) is 0 Å². The van der Waals surface area contributed by atoms with Gasteiger partial charge in [-0.2, -0.15) is 0 Å². The van der Waals surface area contributed by atoms with Crippen LogP contribution in [-0.4, -0.2) is 16.5 Å². The van der Waals surface area contributed by atoms with Crippen LogP contribution in [0, 0.1) is 12.3 Å². The quantitative estimate of drug-likeness (QED) is 0.767. The van der Waals surface area contributed by atoms with Crippen LogP contribution in [-0.2, 0) is 0 Å². The molecule has 1 saturated carbocycles. The average Bonchev–Trinajstić information content (AvgIpc) is 3.03. The summed E-state index contributed by atoms with van der Waals surface area (Å²) in [5.41, 5.74) is 0.719. The summed E-state index contributed by atoms with van der Waals surface area (Å²) in [6.45, 7) is 1.96. The first-order valence-electron chi connectivity index (χ1n) is 5.70. The molecule has 1 N–H and O–H groups in total. The Bertz CT molecular complexity index is 423. The van der Waals surface area contributed by atoms with Crippen molar-refractivity contribution in [3.05, 3.63) is 24.0 Å². The van der Waals surface area contributed by atoms with Crippen LogP contribution in [0.25, 0.3) is 0 Å². The third kappa shape index (κ3) is 2.11. The van der Waals surface area contributed by atoms with Crippen molar-refractivity contribution in [3.63, 3.8) is 0 Å².